The molecule has 2 aromatic carbocycles. The quantitative estimate of drug-likeness (QED) is 0.803. The molecule has 3 rings (SSSR count). The van der Waals surface area contributed by atoms with Crippen LogP contribution >= 0.6 is 11.3 Å². The van der Waals surface area contributed by atoms with Gasteiger partial charge in [-0.05, 0) is 24.3 Å². The number of fused-ring (bicyclic) bond motifs is 1. The Morgan fingerprint density at radius 2 is 2.15 bits per heavy atom. The number of amides is 1. The van der Waals surface area contributed by atoms with Crippen molar-refractivity contribution in [1.29, 1.82) is 0 Å². The van der Waals surface area contributed by atoms with Crippen molar-refractivity contribution in [2.45, 2.75) is 6.54 Å². The predicted molar refractivity (Wildman–Crippen MR) is 76.0 cm³/mol. The average Bonchev–Trinajstić information content (AvgIpc) is 2.93. The van der Waals surface area contributed by atoms with Gasteiger partial charge in [-0.1, -0.05) is 18.2 Å². The summed E-state index contributed by atoms with van der Waals surface area (Å²) in [5.41, 5.74) is 4.60. The number of aromatic nitrogens is 1. The number of benzene rings is 2. The summed E-state index contributed by atoms with van der Waals surface area (Å²) in [6, 6.07) is 11.6. The third kappa shape index (κ3) is 2.53. The Labute approximate surface area is 119 Å². The van der Waals surface area contributed by atoms with Gasteiger partial charge >= 0.3 is 0 Å². The zero-order valence-corrected chi connectivity index (χ0v) is 11.2. The van der Waals surface area contributed by atoms with Crippen molar-refractivity contribution in [2.24, 2.45) is 0 Å². The van der Waals surface area contributed by atoms with Crippen molar-refractivity contribution in [2.75, 3.05) is 0 Å². The van der Waals surface area contributed by atoms with Crippen LogP contribution in [0, 0.1) is 11.3 Å². The van der Waals surface area contributed by atoms with E-state index >= 15 is 0 Å². The van der Waals surface area contributed by atoms with Gasteiger partial charge < -0.3 is 5.32 Å². The van der Waals surface area contributed by atoms with Crippen LogP contribution in [0.2, 0.25) is 0 Å². The second-order valence-electron chi connectivity index (χ2n) is 4.26. The molecule has 0 saturated carbocycles. The summed E-state index contributed by atoms with van der Waals surface area (Å²) < 4.78 is 14.4. The van der Waals surface area contributed by atoms with E-state index in [0.29, 0.717) is 11.1 Å². The molecule has 1 heterocycles. The van der Waals surface area contributed by atoms with Gasteiger partial charge in [0.1, 0.15) is 5.82 Å². The molecule has 0 fully saturated rings. The van der Waals surface area contributed by atoms with E-state index in [1.807, 2.05) is 0 Å². The number of carbonyl (C=O) groups excluding carboxylic acids is 1. The highest BCUT2D eigenvalue weighted by atomic mass is 32.1. The Morgan fingerprint density at radius 3 is 3.00 bits per heavy atom. The second-order valence-corrected chi connectivity index (χ2v) is 5.09. The Balaban J connectivity index is 1.74. The van der Waals surface area contributed by atoms with Gasteiger partial charge in [-0.25, -0.2) is 9.37 Å². The molecule has 0 aliphatic heterocycles. The number of nitrogens with zero attached hydrogens (tertiary/aromatic N) is 1. The summed E-state index contributed by atoms with van der Waals surface area (Å²) >= 11 is 1.36. The number of nitrogens with one attached hydrogen (secondary N) is 1. The van der Waals surface area contributed by atoms with Crippen molar-refractivity contribution in [3.63, 3.8) is 0 Å². The van der Waals surface area contributed by atoms with Crippen molar-refractivity contribution in [1.82, 2.24) is 10.3 Å². The number of hydrogen-bond donors (Lipinski definition) is 1. The molecule has 20 heavy (non-hydrogen) atoms. The standard InChI is InChI=1S/C15H10FN2OS/c16-12-4-2-1-3-11(12)8-17-15(19)10-5-6-13-14(7-10)20-9-18-13/h1-7H,8H2,(H,17,19). The predicted octanol–water partition coefficient (Wildman–Crippen LogP) is 3.17. The third-order valence-electron chi connectivity index (χ3n) is 2.94. The van der Waals surface area contributed by atoms with E-state index in [4.69, 9.17) is 0 Å². The van der Waals surface area contributed by atoms with Crippen LogP contribution in [0.25, 0.3) is 10.2 Å². The lowest BCUT2D eigenvalue weighted by molar-refractivity contribution is 0.0951. The molecule has 0 aliphatic rings. The molecule has 0 atom stereocenters. The summed E-state index contributed by atoms with van der Waals surface area (Å²) in [6.07, 6.45) is 0. The number of hydrogen-bond acceptors (Lipinski definition) is 3. The topological polar surface area (TPSA) is 42.0 Å². The first kappa shape index (κ1) is 12.7. The van der Waals surface area contributed by atoms with Crippen molar-refractivity contribution >= 4 is 27.5 Å². The fourth-order valence-electron chi connectivity index (χ4n) is 1.87. The number of halogens is 1. The molecule has 0 spiro atoms. The molecular formula is C15H10FN2OS. The van der Waals surface area contributed by atoms with Crippen LogP contribution in [0.3, 0.4) is 0 Å². The fraction of sp³-hybridized carbons (Fsp3) is 0.0667. The second kappa shape index (κ2) is 5.38. The molecule has 0 bridgehead atoms. The normalized spacial score (nSPS) is 10.7. The molecule has 99 valence electrons. The molecule has 1 amide bonds. The van der Waals surface area contributed by atoms with E-state index in [9.17, 15) is 9.18 Å². The maximum Gasteiger partial charge on any atom is 0.251 e. The molecule has 5 heteroatoms. The van der Waals surface area contributed by atoms with E-state index < -0.39 is 0 Å². The lowest BCUT2D eigenvalue weighted by atomic mass is 10.2. The minimum absolute atomic E-state index is 0.165. The minimum Gasteiger partial charge on any atom is -0.348 e. The van der Waals surface area contributed by atoms with Gasteiger partial charge in [-0.3, -0.25) is 4.79 Å². The van der Waals surface area contributed by atoms with Gasteiger partial charge in [0, 0.05) is 17.7 Å². The number of rotatable bonds is 3. The van der Waals surface area contributed by atoms with E-state index in [-0.39, 0.29) is 18.3 Å². The van der Waals surface area contributed by atoms with Gasteiger partial charge in [0.2, 0.25) is 0 Å². The zero-order valence-electron chi connectivity index (χ0n) is 10.4. The lowest BCUT2D eigenvalue weighted by Gasteiger charge is -2.06. The first-order valence-corrected chi connectivity index (χ1v) is 6.84. The number of carbonyl (C=O) groups is 1. The summed E-state index contributed by atoms with van der Waals surface area (Å²) in [5.74, 6) is -0.552. The van der Waals surface area contributed by atoms with Crippen LogP contribution in [0.1, 0.15) is 15.9 Å². The molecular weight excluding hydrogens is 275 g/mol. The highest BCUT2D eigenvalue weighted by molar-refractivity contribution is 7.16. The highest BCUT2D eigenvalue weighted by Gasteiger charge is 2.08. The van der Waals surface area contributed by atoms with E-state index in [0.717, 1.165) is 10.2 Å². The average molecular weight is 285 g/mol. The molecule has 0 unspecified atom stereocenters. The van der Waals surface area contributed by atoms with E-state index in [2.05, 4.69) is 15.8 Å². The first-order valence-electron chi connectivity index (χ1n) is 6.02. The highest BCUT2D eigenvalue weighted by Crippen LogP contribution is 2.18. The largest absolute Gasteiger partial charge is 0.348 e. The number of thiazole rings is 1. The molecule has 0 saturated heterocycles. The third-order valence-corrected chi connectivity index (χ3v) is 3.67. The van der Waals surface area contributed by atoms with E-state index in [1.165, 1.54) is 17.4 Å². The maximum absolute atomic E-state index is 13.4. The Bertz CT molecular complexity index is 769. The smallest absolute Gasteiger partial charge is 0.251 e. The van der Waals surface area contributed by atoms with Crippen LogP contribution in [-0.2, 0) is 6.54 Å². The monoisotopic (exact) mass is 285 g/mol. The SMILES string of the molecule is O=C(NCc1ccccc1F)c1ccc2n[c]sc2c1. The van der Waals surface area contributed by atoms with Crippen LogP contribution in [0.4, 0.5) is 4.39 Å². The van der Waals surface area contributed by atoms with Gasteiger partial charge in [-0.15, -0.1) is 11.3 Å². The Hall–Kier alpha value is -2.27. The molecule has 0 aliphatic carbocycles. The molecule has 3 aromatic rings. The summed E-state index contributed by atoms with van der Waals surface area (Å²) in [7, 11) is 0. The fourth-order valence-corrected chi connectivity index (χ4v) is 2.52. The molecule has 1 aromatic heterocycles. The van der Waals surface area contributed by atoms with Crippen molar-refractivity contribution in [3.8, 4) is 0 Å². The molecule has 3 nitrogen and oxygen atoms in total. The van der Waals surface area contributed by atoms with Crippen LogP contribution in [0.5, 0.6) is 0 Å². The Morgan fingerprint density at radius 1 is 1.30 bits per heavy atom. The van der Waals surface area contributed by atoms with Crippen molar-refractivity contribution in [3.05, 3.63) is 64.9 Å². The van der Waals surface area contributed by atoms with E-state index in [1.54, 1.807) is 36.4 Å². The van der Waals surface area contributed by atoms with Gasteiger partial charge in [0.05, 0.1) is 10.2 Å². The first-order chi connectivity index (χ1) is 9.74. The molecule has 1 radical (unpaired) electrons. The zero-order chi connectivity index (χ0) is 13.9. The van der Waals surface area contributed by atoms with Gasteiger partial charge in [0.25, 0.3) is 5.91 Å². The van der Waals surface area contributed by atoms with Gasteiger partial charge in [-0.2, -0.15) is 0 Å². The summed E-state index contributed by atoms with van der Waals surface area (Å²) in [4.78, 5) is 16.1. The lowest BCUT2D eigenvalue weighted by Crippen LogP contribution is -2.23. The summed E-state index contributed by atoms with van der Waals surface area (Å²) in [6.45, 7) is 0.165. The Kier molecular flexibility index (Phi) is 3.43. The summed E-state index contributed by atoms with van der Waals surface area (Å²) in [5, 5.41) is 2.71. The van der Waals surface area contributed by atoms with Crippen LogP contribution < -0.4 is 5.32 Å². The van der Waals surface area contributed by atoms with Crippen molar-refractivity contribution < 1.29 is 9.18 Å². The van der Waals surface area contributed by atoms with Crippen LogP contribution in [0.15, 0.2) is 42.5 Å². The van der Waals surface area contributed by atoms with Gasteiger partial charge in [0.15, 0.2) is 5.51 Å². The minimum atomic E-state index is -0.319. The maximum atomic E-state index is 13.4. The molecule has 1 N–H and O–H groups in total. The van der Waals surface area contributed by atoms with Crippen LogP contribution in [-0.4, -0.2) is 10.9 Å².